The molecule has 3 N–H and O–H groups in total. The molecule has 6 amide bonds. The Kier molecular flexibility index (Phi) is 9.21. The Morgan fingerprint density at radius 3 is 2.54 bits per heavy atom. The van der Waals surface area contributed by atoms with Crippen LogP contribution in [-0.4, -0.2) is 108 Å². The number of hydrogen-bond donors (Lipinski definition) is 3. The molecule has 0 bridgehead atoms. The van der Waals surface area contributed by atoms with E-state index in [1.807, 2.05) is 23.6 Å². The van der Waals surface area contributed by atoms with Crippen molar-refractivity contribution in [1.82, 2.24) is 44.9 Å². The summed E-state index contributed by atoms with van der Waals surface area (Å²) in [6.45, 7) is 3.38. The van der Waals surface area contributed by atoms with E-state index >= 15 is 0 Å². The molecule has 4 aliphatic rings. The van der Waals surface area contributed by atoms with Crippen LogP contribution in [0, 0.1) is 12.8 Å². The van der Waals surface area contributed by atoms with Gasteiger partial charge in [-0.3, -0.25) is 39.0 Å². The lowest BCUT2D eigenvalue weighted by atomic mass is 9.86. The Morgan fingerprint density at radius 1 is 0.963 bits per heavy atom. The van der Waals surface area contributed by atoms with Crippen LogP contribution in [0.1, 0.15) is 81.5 Å². The Labute approximate surface area is 308 Å². The number of hydrogen-bond acceptors (Lipinski definition) is 12. The van der Waals surface area contributed by atoms with E-state index in [0.29, 0.717) is 42.6 Å². The average molecular weight is 735 g/mol. The number of imide groups is 2. The number of imidazole rings is 1. The normalized spacial score (nSPS) is 21.5. The third kappa shape index (κ3) is 6.72. The van der Waals surface area contributed by atoms with Gasteiger partial charge in [-0.25, -0.2) is 19.9 Å². The second-order valence-corrected chi connectivity index (χ2v) is 14.2. The van der Waals surface area contributed by atoms with Crippen molar-refractivity contribution in [2.75, 3.05) is 31.6 Å². The van der Waals surface area contributed by atoms with Gasteiger partial charge in [-0.2, -0.15) is 0 Å². The summed E-state index contributed by atoms with van der Waals surface area (Å²) in [6.07, 6.45) is 6.48. The highest BCUT2D eigenvalue weighted by atomic mass is 16.5. The van der Waals surface area contributed by atoms with E-state index in [1.54, 1.807) is 17.3 Å². The van der Waals surface area contributed by atoms with Crippen LogP contribution in [-0.2, 0) is 14.4 Å². The highest BCUT2D eigenvalue weighted by Crippen LogP contribution is 2.35. The van der Waals surface area contributed by atoms with Crippen LogP contribution in [0.4, 0.5) is 5.82 Å². The van der Waals surface area contributed by atoms with Gasteiger partial charge in [0.1, 0.15) is 29.3 Å². The van der Waals surface area contributed by atoms with E-state index in [2.05, 4.69) is 35.9 Å². The number of ether oxygens (including phenoxy) is 1. The molecular weight excluding hydrogens is 696 g/mol. The first-order chi connectivity index (χ1) is 26.1. The Hall–Kier alpha value is -6.26. The topological polar surface area (TPSA) is 211 Å². The maximum Gasteiger partial charge on any atom is 0.270 e. The molecule has 2 saturated heterocycles. The zero-order chi connectivity index (χ0) is 37.5. The fraction of sp³-hybridized carbons (Fsp3) is 0.405. The summed E-state index contributed by atoms with van der Waals surface area (Å²) < 4.78 is 7.78. The largest absolute Gasteiger partial charge is 0.484 e. The van der Waals surface area contributed by atoms with Gasteiger partial charge < -0.3 is 24.8 Å². The second-order valence-electron chi connectivity index (χ2n) is 14.2. The SMILES string of the molecule is Cc1cccc(C(=O)NC2CC(n3cnc4c(NCC5CCN(C(=O)COc6ccc7c(c6)C(=O)N([C@H]6CCC(=O)NC6=O)C7=O)CC5)ncnc43)C2)n1. The van der Waals surface area contributed by atoms with Crippen LogP contribution >= 0.6 is 0 Å². The van der Waals surface area contributed by atoms with Crippen LogP contribution in [0.15, 0.2) is 49.1 Å². The number of carbonyl (C=O) groups is 6. The van der Waals surface area contributed by atoms with Crippen molar-refractivity contribution in [3.8, 4) is 5.75 Å². The number of piperidine rings is 2. The molecule has 8 rings (SSSR count). The molecular formula is C37H38N10O7. The molecule has 0 spiro atoms. The molecule has 17 nitrogen and oxygen atoms in total. The Balaban J connectivity index is 0.794. The third-order valence-electron chi connectivity index (χ3n) is 10.6. The highest BCUT2D eigenvalue weighted by Gasteiger charge is 2.45. The quantitative estimate of drug-likeness (QED) is 0.199. The van der Waals surface area contributed by atoms with E-state index in [4.69, 9.17) is 4.74 Å². The van der Waals surface area contributed by atoms with Gasteiger partial charge in [0.2, 0.25) is 11.8 Å². The van der Waals surface area contributed by atoms with E-state index in [-0.39, 0.29) is 60.2 Å². The molecule has 3 aromatic heterocycles. The summed E-state index contributed by atoms with van der Waals surface area (Å²) in [7, 11) is 0. The number of likely N-dealkylation sites (tertiary alicyclic amines) is 1. The molecule has 1 saturated carbocycles. The van der Waals surface area contributed by atoms with Gasteiger partial charge in [-0.15, -0.1) is 0 Å². The zero-order valence-corrected chi connectivity index (χ0v) is 29.5. The first kappa shape index (κ1) is 34.8. The lowest BCUT2D eigenvalue weighted by Crippen LogP contribution is -2.54. The van der Waals surface area contributed by atoms with Crippen LogP contribution in [0.25, 0.3) is 11.2 Å². The molecule has 1 aromatic carbocycles. The van der Waals surface area contributed by atoms with Crippen molar-refractivity contribution in [2.45, 2.75) is 63.6 Å². The molecule has 1 aliphatic carbocycles. The minimum atomic E-state index is -1.06. The molecule has 3 aliphatic heterocycles. The number of rotatable bonds is 10. The van der Waals surface area contributed by atoms with Crippen molar-refractivity contribution >= 4 is 52.4 Å². The predicted molar refractivity (Wildman–Crippen MR) is 190 cm³/mol. The number of aromatic nitrogens is 5. The minimum absolute atomic E-state index is 0.0339. The van der Waals surface area contributed by atoms with E-state index in [0.717, 1.165) is 41.9 Å². The first-order valence-corrected chi connectivity index (χ1v) is 18.0. The second kappa shape index (κ2) is 14.3. The number of aryl methyl sites for hydroxylation is 1. The van der Waals surface area contributed by atoms with E-state index in [1.165, 1.54) is 24.5 Å². The fourth-order valence-electron chi connectivity index (χ4n) is 7.51. The van der Waals surface area contributed by atoms with Gasteiger partial charge in [0.25, 0.3) is 23.6 Å². The molecule has 6 heterocycles. The summed E-state index contributed by atoms with van der Waals surface area (Å²) in [5.74, 6) is -1.53. The number of anilines is 1. The standard InChI is InChI=1S/C37H38N10O7/c1-20-3-2-4-27(42-20)34(50)43-22-13-23(14-22)46-19-41-31-32(39-18-40-33(31)46)38-16-21-9-11-45(12-10-21)30(49)17-54-24-5-6-25-26(15-24)37(53)47(36(25)52)28-7-8-29(48)44-35(28)51/h2-6,15,18-19,21-23,28H,7-14,16-17H2,1H3,(H,43,50)(H,38,39,40)(H,44,48,51)/t22?,23?,28-/m0/s1. The predicted octanol–water partition coefficient (Wildman–Crippen LogP) is 1.79. The molecule has 278 valence electrons. The van der Waals surface area contributed by atoms with Crippen molar-refractivity contribution in [3.05, 3.63) is 71.6 Å². The van der Waals surface area contributed by atoms with Crippen LogP contribution in [0.5, 0.6) is 5.75 Å². The van der Waals surface area contributed by atoms with Crippen molar-refractivity contribution in [2.24, 2.45) is 5.92 Å². The minimum Gasteiger partial charge on any atom is -0.484 e. The molecule has 3 fully saturated rings. The number of nitrogens with zero attached hydrogens (tertiary/aromatic N) is 7. The molecule has 17 heteroatoms. The maximum absolute atomic E-state index is 13.1. The summed E-state index contributed by atoms with van der Waals surface area (Å²) in [6, 6.07) is 8.91. The van der Waals surface area contributed by atoms with Gasteiger partial charge in [0.15, 0.2) is 18.1 Å². The molecule has 0 radical (unpaired) electrons. The Morgan fingerprint density at radius 2 is 1.76 bits per heavy atom. The molecule has 54 heavy (non-hydrogen) atoms. The maximum atomic E-state index is 13.1. The molecule has 0 unspecified atom stereocenters. The monoisotopic (exact) mass is 734 g/mol. The van der Waals surface area contributed by atoms with Gasteiger partial charge in [-0.05, 0) is 75.3 Å². The van der Waals surface area contributed by atoms with Crippen LogP contribution in [0.3, 0.4) is 0 Å². The number of fused-ring (bicyclic) bond motifs is 2. The first-order valence-electron chi connectivity index (χ1n) is 18.0. The van der Waals surface area contributed by atoms with Gasteiger partial charge in [0.05, 0.1) is 17.5 Å². The van der Waals surface area contributed by atoms with Crippen molar-refractivity contribution in [1.29, 1.82) is 0 Å². The van der Waals surface area contributed by atoms with Gasteiger partial charge in [0, 0.05) is 43.8 Å². The number of carbonyl (C=O) groups excluding carboxylic acids is 6. The smallest absolute Gasteiger partial charge is 0.270 e. The molecule has 4 aromatic rings. The number of nitrogens with one attached hydrogen (secondary N) is 3. The lowest BCUT2D eigenvalue weighted by molar-refractivity contribution is -0.136. The van der Waals surface area contributed by atoms with Crippen LogP contribution < -0.4 is 20.7 Å². The summed E-state index contributed by atoms with van der Waals surface area (Å²) >= 11 is 0. The summed E-state index contributed by atoms with van der Waals surface area (Å²) in [4.78, 5) is 96.1. The summed E-state index contributed by atoms with van der Waals surface area (Å²) in [5.41, 5.74) is 2.85. The average Bonchev–Trinajstić information content (AvgIpc) is 3.69. The number of pyridine rings is 1. The van der Waals surface area contributed by atoms with E-state index in [9.17, 15) is 28.8 Å². The number of amides is 6. The van der Waals surface area contributed by atoms with Gasteiger partial charge in [-0.1, -0.05) is 6.07 Å². The number of benzene rings is 1. The van der Waals surface area contributed by atoms with Crippen molar-refractivity contribution < 1.29 is 33.5 Å². The fourth-order valence-corrected chi connectivity index (χ4v) is 7.51. The highest BCUT2D eigenvalue weighted by molar-refractivity contribution is 6.23. The third-order valence-corrected chi connectivity index (χ3v) is 10.6. The van der Waals surface area contributed by atoms with Crippen molar-refractivity contribution in [3.63, 3.8) is 0 Å². The van der Waals surface area contributed by atoms with Gasteiger partial charge >= 0.3 is 0 Å². The molecule has 1 atom stereocenters. The van der Waals surface area contributed by atoms with E-state index < -0.39 is 29.7 Å². The Bertz CT molecular complexity index is 2190. The van der Waals surface area contributed by atoms with Crippen LogP contribution in [0.2, 0.25) is 0 Å². The lowest BCUT2D eigenvalue weighted by Gasteiger charge is -2.36. The summed E-state index contributed by atoms with van der Waals surface area (Å²) in [5, 5.41) is 8.68. The zero-order valence-electron chi connectivity index (χ0n) is 29.5.